The first-order valence-electron chi connectivity index (χ1n) is 14.8. The molecule has 0 amide bonds. The fourth-order valence-electron chi connectivity index (χ4n) is 6.38. The molecule has 0 unspecified atom stereocenters. The number of esters is 1. The Morgan fingerprint density at radius 2 is 1.11 bits per heavy atom. The quantitative estimate of drug-likeness (QED) is 0.143. The van der Waals surface area contributed by atoms with Crippen LogP contribution in [0.25, 0.3) is 0 Å². The van der Waals surface area contributed by atoms with Gasteiger partial charge in [0.1, 0.15) is 71.8 Å². The van der Waals surface area contributed by atoms with Crippen molar-refractivity contribution < 1.29 is 74.1 Å². The van der Waals surface area contributed by atoms with E-state index in [4.69, 9.17) is 28.4 Å². The van der Waals surface area contributed by atoms with E-state index < -0.39 is 86.2 Å². The number of rotatable bonds is 6. The van der Waals surface area contributed by atoms with Crippen LogP contribution in [0.4, 0.5) is 0 Å². The van der Waals surface area contributed by atoms with Crippen molar-refractivity contribution in [2.75, 3.05) is 13.2 Å². The topological polar surface area (TPSA) is 234 Å². The molecule has 0 aliphatic carbocycles. The molecule has 10 atom stereocenters. The number of carbonyl (C=O) groups is 1. The van der Waals surface area contributed by atoms with Gasteiger partial charge in [0.05, 0.1) is 18.8 Å². The average molecular weight is 657 g/mol. The number of benzene rings is 3. The molecule has 0 radical (unpaired) electrons. The Kier molecular flexibility index (Phi) is 8.08. The fraction of sp³-hybridized carbons (Fsp3) is 0.406. The molecule has 250 valence electrons. The normalized spacial score (nSPS) is 33.7. The second kappa shape index (κ2) is 12.0. The van der Waals surface area contributed by atoms with Gasteiger partial charge in [-0.1, -0.05) is 18.2 Å². The van der Waals surface area contributed by atoms with E-state index in [1.807, 2.05) is 0 Å². The Morgan fingerprint density at radius 1 is 0.617 bits per heavy atom. The second-order valence-electron chi connectivity index (χ2n) is 11.7. The van der Waals surface area contributed by atoms with Gasteiger partial charge in [-0.05, 0) is 30.3 Å². The molecule has 8 N–H and O–H groups in total. The van der Waals surface area contributed by atoms with Gasteiger partial charge in [0.15, 0.2) is 5.60 Å². The molecule has 47 heavy (non-hydrogen) atoms. The van der Waals surface area contributed by atoms with E-state index in [1.165, 1.54) is 24.3 Å². The highest BCUT2D eigenvalue weighted by Gasteiger charge is 2.54. The number of aliphatic hydroxyl groups excluding tert-OH is 8. The van der Waals surface area contributed by atoms with Crippen LogP contribution >= 0.6 is 0 Å². The van der Waals surface area contributed by atoms with Crippen LogP contribution in [-0.4, -0.2) is 121 Å². The summed E-state index contributed by atoms with van der Waals surface area (Å²) in [7, 11) is 0. The monoisotopic (exact) mass is 656 g/mol. The van der Waals surface area contributed by atoms with Crippen molar-refractivity contribution in [1.29, 1.82) is 0 Å². The van der Waals surface area contributed by atoms with Gasteiger partial charge in [-0.3, -0.25) is 0 Å². The molecule has 4 heterocycles. The summed E-state index contributed by atoms with van der Waals surface area (Å²) >= 11 is 0. The number of hydrogen-bond donors (Lipinski definition) is 8. The van der Waals surface area contributed by atoms with E-state index >= 15 is 0 Å². The Morgan fingerprint density at radius 3 is 1.60 bits per heavy atom. The van der Waals surface area contributed by atoms with Crippen LogP contribution in [0.1, 0.15) is 27.0 Å². The average Bonchev–Trinajstić information content (AvgIpc) is 3.37. The maximum Gasteiger partial charge on any atom is 0.340 e. The summed E-state index contributed by atoms with van der Waals surface area (Å²) in [4.78, 5) is 13.2. The number of ether oxygens (including phenoxy) is 6. The molecule has 15 nitrogen and oxygen atoms in total. The number of hydrogen-bond acceptors (Lipinski definition) is 15. The van der Waals surface area contributed by atoms with Crippen LogP contribution in [0.15, 0.2) is 60.7 Å². The SMILES string of the molecule is O=C1OC2(c3ccc(O[C@@H]4O[C@H](CO)[C@@H](O)[C@H](O)[C@H]4O)cc3Oc3cc(O[C@@H]4O[C@H](CO)[C@@H](O)[C@H](O)[C@H]4O)ccc32)c2ccccc21. The lowest BCUT2D eigenvalue weighted by Crippen LogP contribution is -2.60. The van der Waals surface area contributed by atoms with Gasteiger partial charge in [0.25, 0.3) is 0 Å². The van der Waals surface area contributed by atoms with Crippen molar-refractivity contribution in [2.24, 2.45) is 0 Å². The van der Waals surface area contributed by atoms with Crippen LogP contribution in [0, 0.1) is 0 Å². The van der Waals surface area contributed by atoms with Crippen molar-refractivity contribution in [1.82, 2.24) is 0 Å². The molecule has 0 saturated carbocycles. The van der Waals surface area contributed by atoms with E-state index in [0.717, 1.165) is 0 Å². The Bertz CT molecular complexity index is 1570. The minimum Gasteiger partial charge on any atom is -0.462 e. The minimum atomic E-state index is -1.67. The summed E-state index contributed by atoms with van der Waals surface area (Å²) in [5.74, 6) is -0.0677. The molecule has 15 heteroatoms. The predicted octanol–water partition coefficient (Wildman–Crippen LogP) is -1.39. The number of fused-ring (bicyclic) bond motifs is 6. The third kappa shape index (κ3) is 5.03. The first kappa shape index (κ1) is 31.7. The maximum absolute atomic E-state index is 13.2. The highest BCUT2D eigenvalue weighted by molar-refractivity contribution is 5.97. The fourth-order valence-corrected chi connectivity index (χ4v) is 6.38. The molecule has 3 aromatic carbocycles. The van der Waals surface area contributed by atoms with Crippen molar-refractivity contribution in [2.45, 2.75) is 67.0 Å². The molecule has 0 bridgehead atoms. The second-order valence-corrected chi connectivity index (χ2v) is 11.7. The predicted molar refractivity (Wildman–Crippen MR) is 153 cm³/mol. The van der Waals surface area contributed by atoms with E-state index in [1.54, 1.807) is 36.4 Å². The van der Waals surface area contributed by atoms with Crippen LogP contribution in [-0.2, 0) is 19.8 Å². The summed E-state index contributed by atoms with van der Waals surface area (Å²) < 4.78 is 35.0. The van der Waals surface area contributed by atoms with Crippen molar-refractivity contribution in [3.05, 3.63) is 82.9 Å². The summed E-state index contributed by atoms with van der Waals surface area (Å²) in [6.45, 7) is -1.29. The molecular formula is C32H32O15. The molecular weight excluding hydrogens is 624 g/mol. The Hall–Kier alpha value is -3.87. The van der Waals surface area contributed by atoms with Gasteiger partial charge in [0.2, 0.25) is 12.6 Å². The van der Waals surface area contributed by atoms with Gasteiger partial charge < -0.3 is 69.3 Å². The standard InChI is InChI=1S/C32H32O15/c33-11-21-23(35)25(37)27(39)30(45-21)42-13-5-7-17-19(9-13)44-20-10-14(43-31-28(40)26(38)24(36)22(12-34)46-31)6-8-18(20)32(17)16-4-2-1-3-15(16)29(41)47-32/h1-10,21-28,30-31,33-40H,11-12H2/t21-,22-,23-,24-,25+,26+,27-,28-,30-,31-/m1/s1. The molecule has 2 saturated heterocycles. The van der Waals surface area contributed by atoms with Crippen LogP contribution in [0.3, 0.4) is 0 Å². The third-order valence-electron chi connectivity index (χ3n) is 8.86. The van der Waals surface area contributed by atoms with Crippen LogP contribution in [0.2, 0.25) is 0 Å². The summed E-state index contributed by atoms with van der Waals surface area (Å²) in [5, 5.41) is 80.7. The van der Waals surface area contributed by atoms with E-state index in [0.29, 0.717) is 22.3 Å². The van der Waals surface area contributed by atoms with Gasteiger partial charge in [0, 0.05) is 28.8 Å². The third-order valence-corrected chi connectivity index (χ3v) is 8.86. The molecule has 3 aromatic rings. The molecule has 7 rings (SSSR count). The highest BCUT2D eigenvalue weighted by atomic mass is 16.7. The molecule has 4 aliphatic heterocycles. The first-order valence-corrected chi connectivity index (χ1v) is 14.8. The smallest absolute Gasteiger partial charge is 0.340 e. The summed E-state index contributed by atoms with van der Waals surface area (Å²) in [5.41, 5.74) is 0.217. The lowest BCUT2D eigenvalue weighted by Gasteiger charge is -2.40. The van der Waals surface area contributed by atoms with Crippen LogP contribution in [0.5, 0.6) is 23.0 Å². The Balaban J connectivity index is 1.26. The van der Waals surface area contributed by atoms with Crippen LogP contribution < -0.4 is 14.2 Å². The van der Waals surface area contributed by atoms with Crippen molar-refractivity contribution in [3.63, 3.8) is 0 Å². The minimum absolute atomic E-state index is 0.0954. The maximum atomic E-state index is 13.2. The lowest BCUT2D eigenvalue weighted by atomic mass is 9.77. The number of aliphatic hydroxyl groups is 8. The van der Waals surface area contributed by atoms with Gasteiger partial charge in [-0.2, -0.15) is 0 Å². The van der Waals surface area contributed by atoms with E-state index in [2.05, 4.69) is 0 Å². The first-order chi connectivity index (χ1) is 22.6. The van der Waals surface area contributed by atoms with Gasteiger partial charge in [-0.15, -0.1) is 0 Å². The molecule has 4 aliphatic rings. The molecule has 0 aromatic heterocycles. The largest absolute Gasteiger partial charge is 0.462 e. The van der Waals surface area contributed by atoms with Crippen molar-refractivity contribution in [3.8, 4) is 23.0 Å². The molecule has 2 fully saturated rings. The zero-order chi connectivity index (χ0) is 33.2. The number of carbonyl (C=O) groups excluding carboxylic acids is 1. The Labute approximate surface area is 266 Å². The zero-order valence-corrected chi connectivity index (χ0v) is 24.4. The van der Waals surface area contributed by atoms with E-state index in [9.17, 15) is 45.6 Å². The molecule has 1 spiro atoms. The summed E-state index contributed by atoms with van der Waals surface area (Å²) in [6.07, 6.45) is -15.1. The van der Waals surface area contributed by atoms with Gasteiger partial charge in [-0.25, -0.2) is 4.79 Å². The zero-order valence-electron chi connectivity index (χ0n) is 24.4. The van der Waals surface area contributed by atoms with Gasteiger partial charge >= 0.3 is 5.97 Å². The summed E-state index contributed by atoms with van der Waals surface area (Å²) in [6, 6.07) is 16.0. The van der Waals surface area contributed by atoms with Crippen molar-refractivity contribution >= 4 is 5.97 Å². The lowest BCUT2D eigenvalue weighted by molar-refractivity contribution is -0.277. The highest BCUT2D eigenvalue weighted by Crippen LogP contribution is 2.57. The van der Waals surface area contributed by atoms with E-state index in [-0.39, 0.29) is 23.0 Å².